The van der Waals surface area contributed by atoms with Gasteiger partial charge in [-0.15, -0.1) is 0 Å². The van der Waals surface area contributed by atoms with Gasteiger partial charge in [0, 0.05) is 23.9 Å². The van der Waals surface area contributed by atoms with Crippen LogP contribution in [-0.2, 0) is 11.2 Å². The number of nitrogens with one attached hydrogen (secondary N) is 1. The van der Waals surface area contributed by atoms with Gasteiger partial charge in [-0.05, 0) is 37.4 Å². The van der Waals surface area contributed by atoms with Gasteiger partial charge in [-0.1, -0.05) is 24.3 Å². The van der Waals surface area contributed by atoms with E-state index in [9.17, 15) is 4.79 Å². The number of benzene rings is 2. The Labute approximate surface area is 166 Å². The number of fused-ring (bicyclic) bond motifs is 1. The molecule has 0 aliphatic heterocycles. The summed E-state index contributed by atoms with van der Waals surface area (Å²) in [5.74, 6) is 1.43. The lowest BCUT2D eigenvalue weighted by Gasteiger charge is -2.32. The van der Waals surface area contributed by atoms with Gasteiger partial charge in [0.15, 0.2) is 11.5 Å². The molecule has 2 aromatic rings. The smallest absolute Gasteiger partial charge is 0.238 e. The van der Waals surface area contributed by atoms with Gasteiger partial charge >= 0.3 is 0 Å². The molecule has 150 valence electrons. The number of hydrogen-bond donors (Lipinski definition) is 1. The fraction of sp³-hybridized carbons (Fsp3) is 0.409. The number of aryl methyl sites for hydroxylation is 1. The molecular formula is C22H28N2O4. The Kier molecular flexibility index (Phi) is 6.41. The number of methoxy groups -OCH3 is 3. The van der Waals surface area contributed by atoms with Crippen molar-refractivity contribution in [2.75, 3.05) is 40.2 Å². The summed E-state index contributed by atoms with van der Waals surface area (Å²) in [7, 11) is 6.66. The number of nitrogens with zero attached hydrogens (tertiary/aromatic N) is 1. The minimum Gasteiger partial charge on any atom is -0.493 e. The molecule has 6 nitrogen and oxygen atoms in total. The lowest BCUT2D eigenvalue weighted by atomic mass is 9.87. The molecule has 28 heavy (non-hydrogen) atoms. The van der Waals surface area contributed by atoms with Crippen molar-refractivity contribution in [1.82, 2.24) is 4.90 Å². The van der Waals surface area contributed by atoms with Crippen molar-refractivity contribution in [2.24, 2.45) is 0 Å². The summed E-state index contributed by atoms with van der Waals surface area (Å²) < 4.78 is 16.0. The minimum absolute atomic E-state index is 0.0835. The fourth-order valence-corrected chi connectivity index (χ4v) is 3.88. The third kappa shape index (κ3) is 4.22. The molecule has 1 aliphatic rings. The van der Waals surface area contributed by atoms with Gasteiger partial charge in [-0.25, -0.2) is 0 Å². The summed E-state index contributed by atoms with van der Waals surface area (Å²) in [6, 6.07) is 12.2. The Morgan fingerprint density at radius 2 is 1.79 bits per heavy atom. The number of likely N-dealkylation sites (N-methyl/N-ethyl adjacent to an activating group) is 1. The lowest BCUT2D eigenvalue weighted by Crippen LogP contribution is -2.34. The number of anilines is 1. The molecule has 0 bridgehead atoms. The maximum absolute atomic E-state index is 12.7. The number of carbonyl (C=O) groups is 1. The number of rotatable bonds is 7. The molecule has 1 aliphatic carbocycles. The Morgan fingerprint density at radius 3 is 2.43 bits per heavy atom. The first-order chi connectivity index (χ1) is 13.6. The van der Waals surface area contributed by atoms with Crippen molar-refractivity contribution in [3.8, 4) is 17.2 Å². The second kappa shape index (κ2) is 8.97. The molecular weight excluding hydrogens is 356 g/mol. The van der Waals surface area contributed by atoms with E-state index in [2.05, 4.69) is 34.5 Å². The van der Waals surface area contributed by atoms with E-state index < -0.39 is 0 Å². The van der Waals surface area contributed by atoms with Gasteiger partial charge < -0.3 is 19.5 Å². The topological polar surface area (TPSA) is 60.0 Å². The predicted molar refractivity (Wildman–Crippen MR) is 109 cm³/mol. The van der Waals surface area contributed by atoms with Crippen LogP contribution in [0.5, 0.6) is 17.2 Å². The zero-order valence-electron chi connectivity index (χ0n) is 17.0. The highest BCUT2D eigenvalue weighted by molar-refractivity contribution is 5.93. The number of amides is 1. The van der Waals surface area contributed by atoms with Gasteiger partial charge in [-0.2, -0.15) is 0 Å². The molecule has 0 spiro atoms. The first-order valence-electron chi connectivity index (χ1n) is 9.45. The van der Waals surface area contributed by atoms with Gasteiger partial charge in [0.05, 0.1) is 27.9 Å². The molecule has 0 heterocycles. The fourth-order valence-electron chi connectivity index (χ4n) is 3.88. The molecule has 1 amide bonds. The van der Waals surface area contributed by atoms with E-state index in [0.717, 1.165) is 19.3 Å². The molecule has 0 saturated heterocycles. The molecule has 2 aromatic carbocycles. The van der Waals surface area contributed by atoms with E-state index in [1.807, 2.05) is 7.05 Å². The van der Waals surface area contributed by atoms with Gasteiger partial charge in [0.2, 0.25) is 11.7 Å². The SMILES string of the molecule is COc1cc(NC(=O)CN(C)C2CCCc3ccccc32)cc(OC)c1OC. The average molecular weight is 384 g/mol. The van der Waals surface area contributed by atoms with Crippen LogP contribution in [0, 0.1) is 0 Å². The highest BCUT2D eigenvalue weighted by atomic mass is 16.5. The van der Waals surface area contributed by atoms with Crippen molar-refractivity contribution in [3.05, 3.63) is 47.5 Å². The molecule has 0 radical (unpaired) electrons. The summed E-state index contributed by atoms with van der Waals surface area (Å²) in [4.78, 5) is 14.8. The Morgan fingerprint density at radius 1 is 1.11 bits per heavy atom. The van der Waals surface area contributed by atoms with Crippen LogP contribution in [0.1, 0.15) is 30.0 Å². The van der Waals surface area contributed by atoms with E-state index in [0.29, 0.717) is 29.5 Å². The summed E-state index contributed by atoms with van der Waals surface area (Å²) in [5, 5.41) is 2.94. The second-order valence-electron chi connectivity index (χ2n) is 6.98. The normalized spacial score (nSPS) is 15.7. The quantitative estimate of drug-likeness (QED) is 0.789. The standard InChI is InChI=1S/C22H28N2O4/c1-24(18-11-7-9-15-8-5-6-10-17(15)18)14-21(25)23-16-12-19(26-2)22(28-4)20(13-16)27-3/h5-6,8,10,12-13,18H,7,9,11,14H2,1-4H3,(H,23,25). The molecule has 1 atom stereocenters. The maximum Gasteiger partial charge on any atom is 0.238 e. The van der Waals surface area contributed by atoms with Crippen molar-refractivity contribution >= 4 is 11.6 Å². The van der Waals surface area contributed by atoms with Crippen LogP contribution in [0.2, 0.25) is 0 Å². The van der Waals surface area contributed by atoms with Crippen molar-refractivity contribution in [3.63, 3.8) is 0 Å². The molecule has 0 fully saturated rings. The zero-order valence-corrected chi connectivity index (χ0v) is 17.0. The van der Waals surface area contributed by atoms with Crippen LogP contribution in [-0.4, -0.2) is 45.7 Å². The Hall–Kier alpha value is -2.73. The highest BCUT2D eigenvalue weighted by Crippen LogP contribution is 2.40. The molecule has 1 N–H and O–H groups in total. The summed E-state index contributed by atoms with van der Waals surface area (Å²) in [6.07, 6.45) is 3.31. The molecule has 0 aromatic heterocycles. The Balaban J connectivity index is 1.71. The van der Waals surface area contributed by atoms with E-state index in [4.69, 9.17) is 14.2 Å². The first kappa shape index (κ1) is 20.0. The summed E-state index contributed by atoms with van der Waals surface area (Å²) in [6.45, 7) is 0.301. The zero-order chi connectivity index (χ0) is 20.1. The molecule has 0 saturated carbocycles. The second-order valence-corrected chi connectivity index (χ2v) is 6.98. The van der Waals surface area contributed by atoms with Crippen LogP contribution in [0.3, 0.4) is 0 Å². The molecule has 1 unspecified atom stereocenters. The third-order valence-corrected chi connectivity index (χ3v) is 5.21. The Bertz CT molecular complexity index is 812. The average Bonchev–Trinajstić information content (AvgIpc) is 2.72. The van der Waals surface area contributed by atoms with Crippen LogP contribution >= 0.6 is 0 Å². The number of hydrogen-bond acceptors (Lipinski definition) is 5. The van der Waals surface area contributed by atoms with E-state index in [1.54, 1.807) is 33.5 Å². The highest BCUT2D eigenvalue weighted by Gasteiger charge is 2.25. The number of ether oxygens (including phenoxy) is 3. The van der Waals surface area contributed by atoms with E-state index in [-0.39, 0.29) is 11.9 Å². The van der Waals surface area contributed by atoms with E-state index >= 15 is 0 Å². The van der Waals surface area contributed by atoms with Crippen LogP contribution in [0.4, 0.5) is 5.69 Å². The number of carbonyl (C=O) groups excluding carboxylic acids is 1. The lowest BCUT2D eigenvalue weighted by molar-refractivity contribution is -0.117. The van der Waals surface area contributed by atoms with Crippen LogP contribution in [0.15, 0.2) is 36.4 Å². The van der Waals surface area contributed by atoms with Crippen molar-refractivity contribution in [1.29, 1.82) is 0 Å². The summed E-state index contributed by atoms with van der Waals surface area (Å²) in [5.41, 5.74) is 3.32. The monoisotopic (exact) mass is 384 g/mol. The third-order valence-electron chi connectivity index (χ3n) is 5.21. The predicted octanol–water partition coefficient (Wildman–Crippen LogP) is 3.66. The molecule has 3 rings (SSSR count). The van der Waals surface area contributed by atoms with Gasteiger partial charge in [0.1, 0.15) is 0 Å². The van der Waals surface area contributed by atoms with E-state index in [1.165, 1.54) is 11.1 Å². The first-order valence-corrected chi connectivity index (χ1v) is 9.45. The van der Waals surface area contributed by atoms with Crippen LogP contribution < -0.4 is 19.5 Å². The largest absolute Gasteiger partial charge is 0.493 e. The van der Waals surface area contributed by atoms with Crippen LogP contribution in [0.25, 0.3) is 0 Å². The molecule has 6 heteroatoms. The van der Waals surface area contributed by atoms with Crippen molar-refractivity contribution < 1.29 is 19.0 Å². The summed E-state index contributed by atoms with van der Waals surface area (Å²) >= 11 is 0. The van der Waals surface area contributed by atoms with Crippen molar-refractivity contribution in [2.45, 2.75) is 25.3 Å². The van der Waals surface area contributed by atoms with Gasteiger partial charge in [-0.3, -0.25) is 9.69 Å². The maximum atomic E-state index is 12.7. The minimum atomic E-state index is -0.0835. The van der Waals surface area contributed by atoms with Gasteiger partial charge in [0.25, 0.3) is 0 Å².